The van der Waals surface area contributed by atoms with Crippen molar-refractivity contribution in [3.05, 3.63) is 65.9 Å². The molecule has 27 heavy (non-hydrogen) atoms. The zero-order chi connectivity index (χ0) is 19.4. The minimum atomic E-state index is -0.319. The van der Waals surface area contributed by atoms with E-state index in [9.17, 15) is 9.59 Å². The lowest BCUT2D eigenvalue weighted by atomic mass is 10.0. The summed E-state index contributed by atoms with van der Waals surface area (Å²) in [6, 6.07) is 16.1. The molecule has 0 spiro atoms. The molecular formula is C21H22N4O2. The molecule has 3 rings (SSSR count). The van der Waals surface area contributed by atoms with Crippen molar-refractivity contribution in [2.24, 2.45) is 0 Å². The first-order chi connectivity index (χ1) is 13.0. The number of pyridine rings is 1. The van der Waals surface area contributed by atoms with E-state index in [0.717, 1.165) is 16.6 Å². The molecule has 2 aromatic carbocycles. The van der Waals surface area contributed by atoms with Gasteiger partial charge in [0.25, 0.3) is 5.91 Å². The molecule has 3 aromatic rings. The van der Waals surface area contributed by atoms with Crippen LogP contribution in [0.25, 0.3) is 10.9 Å². The number of benzene rings is 2. The zero-order valence-corrected chi connectivity index (χ0v) is 15.5. The quantitative estimate of drug-likeness (QED) is 0.645. The number of hydrogen-bond donors (Lipinski definition) is 3. The van der Waals surface area contributed by atoms with Gasteiger partial charge in [-0.05, 0) is 36.2 Å². The normalized spacial score (nSPS) is 10.7. The first-order valence-corrected chi connectivity index (χ1v) is 8.77. The van der Waals surface area contributed by atoms with Crippen LogP contribution < -0.4 is 16.0 Å². The molecule has 0 radical (unpaired) electrons. The van der Waals surface area contributed by atoms with Gasteiger partial charge in [-0.3, -0.25) is 9.78 Å². The molecule has 0 aliphatic rings. The van der Waals surface area contributed by atoms with Crippen molar-refractivity contribution in [2.75, 3.05) is 17.7 Å². The number of carbonyl (C=O) groups is 2. The van der Waals surface area contributed by atoms with Crippen molar-refractivity contribution in [3.63, 3.8) is 0 Å². The van der Waals surface area contributed by atoms with Gasteiger partial charge in [0.1, 0.15) is 0 Å². The molecule has 0 aliphatic heterocycles. The number of fused-ring (bicyclic) bond motifs is 1. The van der Waals surface area contributed by atoms with E-state index < -0.39 is 0 Å². The van der Waals surface area contributed by atoms with E-state index in [0.29, 0.717) is 16.9 Å². The Morgan fingerprint density at radius 1 is 0.926 bits per heavy atom. The second kappa shape index (κ2) is 7.86. The molecule has 3 amide bonds. The van der Waals surface area contributed by atoms with Gasteiger partial charge in [-0.2, -0.15) is 0 Å². The van der Waals surface area contributed by atoms with Crippen molar-refractivity contribution in [3.8, 4) is 0 Å². The standard InChI is InChI=1S/C21H22N4O2/c1-13(2)19-12-17(16-9-4-5-10-18(16)25-19)20(26)23-14-7-6-8-15(11-14)24-21(27)22-3/h4-13H,1-3H3,(H,23,26)(H2,22,24,27). The SMILES string of the molecule is CNC(=O)Nc1cccc(NC(=O)c2cc(C(C)C)nc3ccccc23)c1. The lowest BCUT2D eigenvalue weighted by Gasteiger charge is -2.13. The molecular weight excluding hydrogens is 340 g/mol. The highest BCUT2D eigenvalue weighted by Gasteiger charge is 2.15. The van der Waals surface area contributed by atoms with E-state index in [-0.39, 0.29) is 17.9 Å². The van der Waals surface area contributed by atoms with E-state index in [2.05, 4.69) is 20.9 Å². The molecule has 0 aliphatic carbocycles. The number of amides is 3. The Labute approximate surface area is 158 Å². The highest BCUT2D eigenvalue weighted by Crippen LogP contribution is 2.24. The summed E-state index contributed by atoms with van der Waals surface area (Å²) in [6.07, 6.45) is 0. The van der Waals surface area contributed by atoms with Gasteiger partial charge >= 0.3 is 6.03 Å². The van der Waals surface area contributed by atoms with Gasteiger partial charge in [-0.1, -0.05) is 38.1 Å². The number of hydrogen-bond acceptors (Lipinski definition) is 3. The Morgan fingerprint density at radius 3 is 2.33 bits per heavy atom. The Kier molecular flexibility index (Phi) is 5.35. The lowest BCUT2D eigenvalue weighted by molar-refractivity contribution is 0.102. The molecule has 0 fully saturated rings. The molecule has 0 saturated heterocycles. The predicted octanol–water partition coefficient (Wildman–Crippen LogP) is 4.36. The largest absolute Gasteiger partial charge is 0.341 e. The van der Waals surface area contributed by atoms with Crippen LogP contribution in [0.5, 0.6) is 0 Å². The fourth-order valence-corrected chi connectivity index (χ4v) is 2.75. The highest BCUT2D eigenvalue weighted by molar-refractivity contribution is 6.12. The van der Waals surface area contributed by atoms with Gasteiger partial charge in [0.15, 0.2) is 0 Å². The molecule has 6 nitrogen and oxygen atoms in total. The number of nitrogens with zero attached hydrogens (tertiary/aromatic N) is 1. The average molecular weight is 362 g/mol. The number of urea groups is 1. The Balaban J connectivity index is 1.92. The van der Waals surface area contributed by atoms with Gasteiger partial charge in [0.05, 0.1) is 11.1 Å². The van der Waals surface area contributed by atoms with E-state index in [1.807, 2.05) is 44.2 Å². The molecule has 1 heterocycles. The fourth-order valence-electron chi connectivity index (χ4n) is 2.75. The maximum absolute atomic E-state index is 13.0. The highest BCUT2D eigenvalue weighted by atomic mass is 16.2. The number of rotatable bonds is 4. The molecule has 0 unspecified atom stereocenters. The third-order valence-corrected chi connectivity index (χ3v) is 4.18. The molecule has 1 aromatic heterocycles. The van der Waals surface area contributed by atoms with Gasteiger partial charge in [-0.25, -0.2) is 4.79 Å². The topological polar surface area (TPSA) is 83.1 Å². The van der Waals surface area contributed by atoms with Crippen LogP contribution in [-0.4, -0.2) is 24.0 Å². The number of nitrogens with one attached hydrogen (secondary N) is 3. The molecule has 138 valence electrons. The third kappa shape index (κ3) is 4.23. The van der Waals surface area contributed by atoms with Crippen molar-refractivity contribution >= 4 is 34.2 Å². The predicted molar refractivity (Wildman–Crippen MR) is 108 cm³/mol. The minimum Gasteiger partial charge on any atom is -0.341 e. The monoisotopic (exact) mass is 362 g/mol. The molecule has 0 bridgehead atoms. The Morgan fingerprint density at radius 2 is 1.63 bits per heavy atom. The van der Waals surface area contributed by atoms with Crippen LogP contribution in [0.15, 0.2) is 54.6 Å². The van der Waals surface area contributed by atoms with Crippen LogP contribution in [0.1, 0.15) is 35.8 Å². The fraction of sp³-hybridized carbons (Fsp3) is 0.190. The van der Waals surface area contributed by atoms with Gasteiger partial charge in [0.2, 0.25) is 0 Å². The second-order valence-corrected chi connectivity index (χ2v) is 6.51. The Bertz CT molecular complexity index is 998. The summed E-state index contributed by atoms with van der Waals surface area (Å²) in [5.74, 6) is -0.00571. The van der Waals surface area contributed by atoms with Gasteiger partial charge in [0, 0.05) is 29.5 Å². The van der Waals surface area contributed by atoms with Crippen LogP contribution in [0, 0.1) is 0 Å². The van der Waals surface area contributed by atoms with Crippen molar-refractivity contribution in [2.45, 2.75) is 19.8 Å². The summed E-state index contributed by atoms with van der Waals surface area (Å²) in [4.78, 5) is 29.1. The molecule has 3 N–H and O–H groups in total. The van der Waals surface area contributed by atoms with Crippen LogP contribution in [0.4, 0.5) is 16.2 Å². The zero-order valence-electron chi connectivity index (χ0n) is 15.5. The number of para-hydroxylation sites is 1. The van der Waals surface area contributed by atoms with Crippen LogP contribution in [0.2, 0.25) is 0 Å². The van der Waals surface area contributed by atoms with E-state index in [4.69, 9.17) is 0 Å². The maximum Gasteiger partial charge on any atom is 0.318 e. The molecule has 0 saturated carbocycles. The van der Waals surface area contributed by atoms with Crippen LogP contribution in [-0.2, 0) is 0 Å². The average Bonchev–Trinajstić information content (AvgIpc) is 2.67. The molecule has 6 heteroatoms. The first-order valence-electron chi connectivity index (χ1n) is 8.77. The summed E-state index contributed by atoms with van der Waals surface area (Å²) in [6.45, 7) is 4.10. The third-order valence-electron chi connectivity index (χ3n) is 4.18. The summed E-state index contributed by atoms with van der Waals surface area (Å²) >= 11 is 0. The van der Waals surface area contributed by atoms with Crippen LogP contribution in [0.3, 0.4) is 0 Å². The lowest BCUT2D eigenvalue weighted by Crippen LogP contribution is -2.24. The Hall–Kier alpha value is -3.41. The van der Waals surface area contributed by atoms with Crippen molar-refractivity contribution in [1.29, 1.82) is 0 Å². The smallest absolute Gasteiger partial charge is 0.318 e. The summed E-state index contributed by atoms with van der Waals surface area (Å²) in [5, 5.41) is 8.89. The summed E-state index contributed by atoms with van der Waals surface area (Å²) < 4.78 is 0. The van der Waals surface area contributed by atoms with Gasteiger partial charge in [-0.15, -0.1) is 0 Å². The van der Waals surface area contributed by atoms with Crippen molar-refractivity contribution < 1.29 is 9.59 Å². The van der Waals surface area contributed by atoms with E-state index in [1.165, 1.54) is 0 Å². The second-order valence-electron chi connectivity index (χ2n) is 6.51. The number of anilines is 2. The van der Waals surface area contributed by atoms with Gasteiger partial charge < -0.3 is 16.0 Å². The van der Waals surface area contributed by atoms with E-state index in [1.54, 1.807) is 31.3 Å². The minimum absolute atomic E-state index is 0.209. The maximum atomic E-state index is 13.0. The van der Waals surface area contributed by atoms with Crippen LogP contribution >= 0.6 is 0 Å². The number of carbonyl (C=O) groups excluding carboxylic acids is 2. The first kappa shape index (κ1) is 18.4. The number of aromatic nitrogens is 1. The summed E-state index contributed by atoms with van der Waals surface area (Å²) in [7, 11) is 1.54. The molecule has 0 atom stereocenters. The van der Waals surface area contributed by atoms with E-state index >= 15 is 0 Å². The van der Waals surface area contributed by atoms with Crippen molar-refractivity contribution in [1.82, 2.24) is 10.3 Å². The summed E-state index contributed by atoms with van der Waals surface area (Å²) in [5.41, 5.74) is 3.43.